The zero-order chi connectivity index (χ0) is 23.6. The third kappa shape index (κ3) is 5.02. The van der Waals surface area contributed by atoms with Crippen LogP contribution in [0.4, 0.5) is 11.4 Å². The van der Waals surface area contributed by atoms with Crippen LogP contribution in [-0.2, 0) is 9.53 Å². The first-order chi connectivity index (χ1) is 15.8. The van der Waals surface area contributed by atoms with Crippen molar-refractivity contribution in [2.45, 2.75) is 45.1 Å². The Bertz CT molecular complexity index is 1080. The molecule has 0 N–H and O–H groups in total. The number of anilines is 1. The van der Waals surface area contributed by atoms with Crippen molar-refractivity contribution in [1.29, 1.82) is 0 Å². The van der Waals surface area contributed by atoms with Crippen molar-refractivity contribution in [2.75, 3.05) is 32.2 Å². The second kappa shape index (κ2) is 9.74. The number of rotatable bonds is 6. The molecule has 0 spiro atoms. The number of carbonyl (C=O) groups excluding carboxylic acids is 1. The van der Waals surface area contributed by atoms with Gasteiger partial charge in [-0.05, 0) is 85.8 Å². The first-order valence-electron chi connectivity index (χ1n) is 11.5. The van der Waals surface area contributed by atoms with E-state index in [1.807, 2.05) is 36.4 Å². The first-order valence-corrected chi connectivity index (χ1v) is 12.3. The molecule has 2 aromatic carbocycles. The van der Waals surface area contributed by atoms with Gasteiger partial charge in [-0.1, -0.05) is 31.2 Å². The fourth-order valence-corrected chi connectivity index (χ4v) is 5.63. The van der Waals surface area contributed by atoms with Gasteiger partial charge >= 0.3 is 0 Å². The van der Waals surface area contributed by atoms with Crippen molar-refractivity contribution in [1.82, 2.24) is 4.90 Å². The number of para-hydroxylation sites is 1. The van der Waals surface area contributed by atoms with E-state index < -0.39 is 0 Å². The smallest absolute Gasteiger partial charge is 0.266 e. The summed E-state index contributed by atoms with van der Waals surface area (Å²) in [6.07, 6.45) is 3.88. The van der Waals surface area contributed by atoms with E-state index in [-0.39, 0.29) is 11.4 Å². The molecule has 1 amide bonds. The first kappa shape index (κ1) is 23.6. The fraction of sp³-hybridized carbons (Fsp3) is 0.407. The number of methoxy groups -OCH3 is 1. The number of thioether (sulfide) groups is 1. The van der Waals surface area contributed by atoms with E-state index in [1.54, 1.807) is 12.0 Å². The minimum Gasteiger partial charge on any atom is -0.385 e. The zero-order valence-electron chi connectivity index (χ0n) is 20.2. The van der Waals surface area contributed by atoms with Crippen LogP contribution in [0.2, 0.25) is 0 Å². The third-order valence-corrected chi connectivity index (χ3v) is 7.56. The van der Waals surface area contributed by atoms with Crippen LogP contribution in [0.15, 0.2) is 58.4 Å². The standard InChI is InChI=1S/C27H33N3O2S/c1-19-18-27(2,3)29(4)23-13-12-20(16-22(19)23)17-24-25(31)30(14-9-15-32-5)26(33-24)28-21-10-7-6-8-11-21/h6-8,10-13,16-17,19H,9,14-15,18H2,1-5H3/b24-17-,28-26?/t19-/m0/s1. The maximum absolute atomic E-state index is 13.3. The molecule has 2 aliphatic rings. The van der Waals surface area contributed by atoms with Crippen LogP contribution in [0.5, 0.6) is 0 Å². The van der Waals surface area contributed by atoms with Crippen LogP contribution in [0, 0.1) is 0 Å². The van der Waals surface area contributed by atoms with Crippen LogP contribution in [0.25, 0.3) is 6.08 Å². The summed E-state index contributed by atoms with van der Waals surface area (Å²) in [5.74, 6) is 0.479. The molecule has 0 aliphatic carbocycles. The Morgan fingerprint density at radius 1 is 1.21 bits per heavy atom. The summed E-state index contributed by atoms with van der Waals surface area (Å²) in [6, 6.07) is 16.3. The minimum atomic E-state index is 0.00908. The number of benzene rings is 2. The SMILES string of the molecule is COCCCN1C(=O)/C(=C/c2ccc3c(c2)[C@@H](C)CC(C)(C)N3C)SC1=Nc1ccccc1. The van der Waals surface area contributed by atoms with E-state index in [2.05, 4.69) is 50.9 Å². The largest absolute Gasteiger partial charge is 0.385 e. The summed E-state index contributed by atoms with van der Waals surface area (Å²) in [5, 5.41) is 0.723. The van der Waals surface area contributed by atoms with Crippen molar-refractivity contribution < 1.29 is 9.53 Å². The van der Waals surface area contributed by atoms with Gasteiger partial charge in [-0.2, -0.15) is 0 Å². The van der Waals surface area contributed by atoms with Gasteiger partial charge in [0.1, 0.15) is 0 Å². The van der Waals surface area contributed by atoms with E-state index in [1.165, 1.54) is 23.0 Å². The Labute approximate surface area is 201 Å². The van der Waals surface area contributed by atoms with Crippen molar-refractivity contribution >= 4 is 40.3 Å². The highest BCUT2D eigenvalue weighted by molar-refractivity contribution is 8.18. The molecule has 1 saturated heterocycles. The molecular weight excluding hydrogens is 430 g/mol. The van der Waals surface area contributed by atoms with Crippen LogP contribution >= 0.6 is 11.8 Å². The lowest BCUT2D eigenvalue weighted by Gasteiger charge is -2.45. The highest BCUT2D eigenvalue weighted by Crippen LogP contribution is 2.43. The van der Waals surface area contributed by atoms with Crippen LogP contribution in [-0.4, -0.2) is 48.8 Å². The maximum Gasteiger partial charge on any atom is 0.266 e. The molecule has 2 aromatic rings. The van der Waals surface area contributed by atoms with Gasteiger partial charge in [0.25, 0.3) is 5.91 Å². The molecule has 2 heterocycles. The van der Waals surface area contributed by atoms with Crippen LogP contribution in [0.1, 0.15) is 50.7 Å². The predicted molar refractivity (Wildman–Crippen MR) is 139 cm³/mol. The Morgan fingerprint density at radius 3 is 2.70 bits per heavy atom. The molecule has 4 rings (SSSR count). The number of amides is 1. The van der Waals surface area contributed by atoms with Gasteiger partial charge in [-0.15, -0.1) is 0 Å². The quantitative estimate of drug-likeness (QED) is 0.386. The molecule has 2 aliphatic heterocycles. The lowest BCUT2D eigenvalue weighted by Crippen LogP contribution is -2.45. The molecule has 1 atom stereocenters. The van der Waals surface area contributed by atoms with E-state index >= 15 is 0 Å². The molecule has 6 heteroatoms. The average molecular weight is 464 g/mol. The summed E-state index contributed by atoms with van der Waals surface area (Å²) < 4.78 is 5.20. The number of amidine groups is 1. The Kier molecular flexibility index (Phi) is 6.96. The second-order valence-electron chi connectivity index (χ2n) is 9.44. The molecule has 0 aromatic heterocycles. The molecule has 0 bridgehead atoms. The topological polar surface area (TPSA) is 45.1 Å². The van der Waals surface area contributed by atoms with Crippen LogP contribution < -0.4 is 4.90 Å². The summed E-state index contributed by atoms with van der Waals surface area (Å²) >= 11 is 1.45. The number of hydrogen-bond acceptors (Lipinski definition) is 5. The molecule has 0 unspecified atom stereocenters. The Hall–Kier alpha value is -2.57. The fourth-order valence-electron chi connectivity index (χ4n) is 4.61. The van der Waals surface area contributed by atoms with Gasteiger partial charge < -0.3 is 9.64 Å². The van der Waals surface area contributed by atoms with E-state index in [9.17, 15) is 4.79 Å². The highest BCUT2D eigenvalue weighted by atomic mass is 32.2. The Balaban J connectivity index is 1.64. The monoisotopic (exact) mass is 463 g/mol. The van der Waals surface area contributed by atoms with E-state index in [0.717, 1.165) is 29.3 Å². The summed E-state index contributed by atoms with van der Waals surface area (Å²) in [4.78, 5) is 22.9. The third-order valence-electron chi connectivity index (χ3n) is 6.55. The number of ether oxygens (including phenoxy) is 1. The van der Waals surface area contributed by atoms with Gasteiger partial charge in [-0.25, -0.2) is 4.99 Å². The van der Waals surface area contributed by atoms with Crippen molar-refractivity contribution in [3.05, 3.63) is 64.6 Å². The molecule has 0 radical (unpaired) electrons. The number of hydrogen-bond donors (Lipinski definition) is 0. The number of aliphatic imine (C=N–C) groups is 1. The molecule has 5 nitrogen and oxygen atoms in total. The number of fused-ring (bicyclic) bond motifs is 1. The van der Waals surface area contributed by atoms with Gasteiger partial charge in [0.15, 0.2) is 5.17 Å². The molecule has 1 fully saturated rings. The van der Waals surface area contributed by atoms with Crippen LogP contribution in [0.3, 0.4) is 0 Å². The zero-order valence-corrected chi connectivity index (χ0v) is 21.0. The van der Waals surface area contributed by atoms with Crippen molar-refractivity contribution in [3.8, 4) is 0 Å². The summed E-state index contributed by atoms with van der Waals surface area (Å²) in [7, 11) is 3.85. The molecule has 0 saturated carbocycles. The average Bonchev–Trinajstić information content (AvgIpc) is 3.07. The predicted octanol–water partition coefficient (Wildman–Crippen LogP) is 6.05. The summed E-state index contributed by atoms with van der Waals surface area (Å²) in [6.45, 7) is 8.08. The van der Waals surface area contributed by atoms with Gasteiger partial charge in [-0.3, -0.25) is 9.69 Å². The summed E-state index contributed by atoms with van der Waals surface area (Å²) in [5.41, 5.74) is 4.66. The highest BCUT2D eigenvalue weighted by Gasteiger charge is 2.35. The molecular formula is C27H33N3O2S. The number of nitrogens with zero attached hydrogens (tertiary/aromatic N) is 3. The van der Waals surface area contributed by atoms with E-state index in [0.29, 0.717) is 24.0 Å². The minimum absolute atomic E-state index is 0.00908. The van der Waals surface area contributed by atoms with E-state index in [4.69, 9.17) is 9.73 Å². The second-order valence-corrected chi connectivity index (χ2v) is 10.4. The Morgan fingerprint density at radius 2 is 1.97 bits per heavy atom. The lowest BCUT2D eigenvalue weighted by atomic mass is 9.80. The lowest BCUT2D eigenvalue weighted by molar-refractivity contribution is -0.122. The molecule has 174 valence electrons. The normalized spacial score (nSPS) is 22.3. The van der Waals surface area contributed by atoms with Gasteiger partial charge in [0.2, 0.25) is 0 Å². The van der Waals surface area contributed by atoms with Gasteiger partial charge in [0, 0.05) is 38.5 Å². The van der Waals surface area contributed by atoms with Crippen molar-refractivity contribution in [3.63, 3.8) is 0 Å². The van der Waals surface area contributed by atoms with Crippen molar-refractivity contribution in [2.24, 2.45) is 4.99 Å². The molecule has 33 heavy (non-hydrogen) atoms. The number of carbonyl (C=O) groups is 1. The van der Waals surface area contributed by atoms with Gasteiger partial charge in [0.05, 0.1) is 10.6 Å². The maximum atomic E-state index is 13.3.